The molecular formula is C17H16O4. The molecule has 0 heterocycles. The minimum atomic E-state index is -0.0963. The van der Waals surface area contributed by atoms with Crippen molar-refractivity contribution in [2.45, 2.75) is 6.42 Å². The maximum absolute atomic E-state index is 10.0. The molecule has 2 aromatic rings. The minimum Gasteiger partial charge on any atom is -0.508 e. The van der Waals surface area contributed by atoms with Crippen LogP contribution in [0.3, 0.4) is 0 Å². The van der Waals surface area contributed by atoms with Crippen molar-refractivity contribution >= 4 is 5.57 Å². The Morgan fingerprint density at radius 3 is 2.57 bits per heavy atom. The maximum atomic E-state index is 10.0. The third kappa shape index (κ3) is 2.23. The van der Waals surface area contributed by atoms with Crippen LogP contribution in [0.1, 0.15) is 11.1 Å². The molecule has 0 atom stereocenters. The van der Waals surface area contributed by atoms with Gasteiger partial charge in [0.05, 0.1) is 13.7 Å². The summed E-state index contributed by atoms with van der Waals surface area (Å²) in [4.78, 5) is 0. The van der Waals surface area contributed by atoms with Gasteiger partial charge in [-0.2, -0.15) is 0 Å². The zero-order valence-electron chi connectivity index (χ0n) is 11.6. The van der Waals surface area contributed by atoms with Gasteiger partial charge in [0.2, 0.25) is 0 Å². The van der Waals surface area contributed by atoms with Gasteiger partial charge in [0.25, 0.3) is 0 Å². The van der Waals surface area contributed by atoms with Crippen molar-refractivity contribution in [1.29, 1.82) is 0 Å². The maximum Gasteiger partial charge on any atom is 0.161 e. The SMILES string of the molecule is COc1cc2c(cc1O)-c1ccc(O)cc1CC=C2CO. The molecule has 4 nitrogen and oxygen atoms in total. The summed E-state index contributed by atoms with van der Waals surface area (Å²) in [5.41, 5.74) is 4.31. The van der Waals surface area contributed by atoms with Crippen LogP contribution >= 0.6 is 0 Å². The second-order valence-electron chi connectivity index (χ2n) is 5.00. The molecule has 0 bridgehead atoms. The lowest BCUT2D eigenvalue weighted by Crippen LogP contribution is -1.95. The van der Waals surface area contributed by atoms with Gasteiger partial charge in [-0.1, -0.05) is 12.1 Å². The van der Waals surface area contributed by atoms with E-state index in [0.717, 1.165) is 27.8 Å². The predicted octanol–water partition coefficient (Wildman–Crippen LogP) is 2.71. The molecule has 21 heavy (non-hydrogen) atoms. The molecule has 2 aromatic carbocycles. The summed E-state index contributed by atoms with van der Waals surface area (Å²) >= 11 is 0. The van der Waals surface area contributed by atoms with Gasteiger partial charge >= 0.3 is 0 Å². The molecule has 0 saturated carbocycles. The van der Waals surface area contributed by atoms with Crippen molar-refractivity contribution in [2.75, 3.05) is 13.7 Å². The molecule has 3 N–H and O–H groups in total. The first-order valence-electron chi connectivity index (χ1n) is 6.67. The molecule has 108 valence electrons. The number of aliphatic hydroxyl groups is 1. The van der Waals surface area contributed by atoms with Gasteiger partial charge in [-0.05, 0) is 58.5 Å². The van der Waals surface area contributed by atoms with Gasteiger partial charge in [0.15, 0.2) is 11.5 Å². The summed E-state index contributed by atoms with van der Waals surface area (Å²) in [6.07, 6.45) is 2.54. The van der Waals surface area contributed by atoms with E-state index in [9.17, 15) is 15.3 Å². The van der Waals surface area contributed by atoms with E-state index < -0.39 is 0 Å². The van der Waals surface area contributed by atoms with Crippen LogP contribution in [0.4, 0.5) is 0 Å². The number of aromatic hydroxyl groups is 2. The molecule has 0 unspecified atom stereocenters. The summed E-state index contributed by atoms with van der Waals surface area (Å²) in [5, 5.41) is 29.3. The smallest absolute Gasteiger partial charge is 0.161 e. The number of hydrogen-bond acceptors (Lipinski definition) is 4. The Bertz CT molecular complexity index is 732. The minimum absolute atomic E-state index is 0.0504. The lowest BCUT2D eigenvalue weighted by molar-refractivity contribution is 0.349. The molecule has 1 aliphatic rings. The number of ether oxygens (including phenoxy) is 1. The second-order valence-corrected chi connectivity index (χ2v) is 5.00. The van der Waals surface area contributed by atoms with Crippen molar-refractivity contribution in [1.82, 2.24) is 0 Å². The van der Waals surface area contributed by atoms with Gasteiger partial charge in [0, 0.05) is 0 Å². The highest BCUT2D eigenvalue weighted by Crippen LogP contribution is 2.41. The van der Waals surface area contributed by atoms with E-state index in [-0.39, 0.29) is 18.1 Å². The van der Waals surface area contributed by atoms with Crippen molar-refractivity contribution in [2.24, 2.45) is 0 Å². The fourth-order valence-electron chi connectivity index (χ4n) is 2.72. The lowest BCUT2D eigenvalue weighted by Gasteiger charge is -2.14. The summed E-state index contributed by atoms with van der Waals surface area (Å²) < 4.78 is 5.15. The second kappa shape index (κ2) is 5.14. The highest BCUT2D eigenvalue weighted by Gasteiger charge is 2.19. The Labute approximate surface area is 122 Å². The molecule has 0 radical (unpaired) electrons. The molecule has 0 spiro atoms. The van der Waals surface area contributed by atoms with Crippen LogP contribution in [0.5, 0.6) is 17.2 Å². The van der Waals surface area contributed by atoms with Crippen LogP contribution in [0.2, 0.25) is 0 Å². The van der Waals surface area contributed by atoms with Gasteiger partial charge in [-0.3, -0.25) is 0 Å². The van der Waals surface area contributed by atoms with E-state index in [4.69, 9.17) is 4.74 Å². The van der Waals surface area contributed by atoms with E-state index >= 15 is 0 Å². The van der Waals surface area contributed by atoms with E-state index in [1.807, 2.05) is 12.1 Å². The molecular weight excluding hydrogens is 268 g/mol. The number of phenols is 2. The van der Waals surface area contributed by atoms with Crippen LogP contribution < -0.4 is 4.74 Å². The first-order valence-corrected chi connectivity index (χ1v) is 6.67. The predicted molar refractivity (Wildman–Crippen MR) is 80.5 cm³/mol. The normalized spacial score (nSPS) is 13.0. The van der Waals surface area contributed by atoms with E-state index in [1.165, 1.54) is 7.11 Å². The summed E-state index contributed by atoms with van der Waals surface area (Å²) in [6.45, 7) is -0.0963. The number of phenolic OH excluding ortho intramolecular Hbond substituents is 2. The Balaban J connectivity index is 2.31. The summed E-state index contributed by atoms with van der Waals surface area (Å²) in [6, 6.07) is 8.52. The Hall–Kier alpha value is -2.46. The number of rotatable bonds is 2. The average Bonchev–Trinajstić information content (AvgIpc) is 2.62. The number of methoxy groups -OCH3 is 1. The molecule has 0 fully saturated rings. The van der Waals surface area contributed by atoms with Gasteiger partial charge in [-0.25, -0.2) is 0 Å². The Morgan fingerprint density at radius 2 is 1.86 bits per heavy atom. The van der Waals surface area contributed by atoms with Crippen LogP contribution in [0.25, 0.3) is 16.7 Å². The van der Waals surface area contributed by atoms with Crippen LogP contribution in [0.15, 0.2) is 36.4 Å². The zero-order chi connectivity index (χ0) is 15.0. The average molecular weight is 284 g/mol. The number of hydrogen-bond donors (Lipinski definition) is 3. The van der Waals surface area contributed by atoms with Crippen LogP contribution in [-0.2, 0) is 6.42 Å². The molecule has 3 rings (SSSR count). The highest BCUT2D eigenvalue weighted by atomic mass is 16.5. The third-order valence-corrected chi connectivity index (χ3v) is 3.78. The van der Waals surface area contributed by atoms with Crippen molar-refractivity contribution < 1.29 is 20.1 Å². The molecule has 0 saturated heterocycles. The van der Waals surface area contributed by atoms with E-state index in [0.29, 0.717) is 12.2 Å². The fourth-order valence-corrected chi connectivity index (χ4v) is 2.72. The summed E-state index contributed by atoms with van der Waals surface area (Å²) in [7, 11) is 1.49. The van der Waals surface area contributed by atoms with E-state index in [2.05, 4.69) is 0 Å². The monoisotopic (exact) mass is 284 g/mol. The molecule has 0 aromatic heterocycles. The fraction of sp³-hybridized carbons (Fsp3) is 0.176. The topological polar surface area (TPSA) is 69.9 Å². The molecule has 0 amide bonds. The third-order valence-electron chi connectivity index (χ3n) is 3.78. The van der Waals surface area contributed by atoms with Crippen LogP contribution in [0, 0.1) is 0 Å². The number of aliphatic hydroxyl groups excluding tert-OH is 1. The van der Waals surface area contributed by atoms with Crippen molar-refractivity contribution in [3.63, 3.8) is 0 Å². The molecule has 4 heteroatoms. The standard InChI is InChI=1S/C17H16O4/c1-21-17-8-14-11(9-18)3-2-10-6-12(19)4-5-13(10)15(14)7-16(17)20/h3-8,18-20H,2,9H2,1H3. The first kappa shape index (κ1) is 13.5. The lowest BCUT2D eigenvalue weighted by atomic mass is 9.93. The van der Waals surface area contributed by atoms with Crippen LogP contribution in [-0.4, -0.2) is 29.0 Å². The number of benzene rings is 2. The first-order chi connectivity index (χ1) is 10.1. The van der Waals surface area contributed by atoms with Gasteiger partial charge in [0.1, 0.15) is 5.75 Å². The largest absolute Gasteiger partial charge is 0.508 e. The Kier molecular flexibility index (Phi) is 3.31. The molecule has 0 aliphatic heterocycles. The summed E-state index contributed by atoms with van der Waals surface area (Å²) in [5.74, 6) is 0.624. The highest BCUT2D eigenvalue weighted by molar-refractivity contribution is 5.87. The quantitative estimate of drug-likeness (QED) is 0.793. The Morgan fingerprint density at radius 1 is 1.05 bits per heavy atom. The van der Waals surface area contributed by atoms with E-state index in [1.54, 1.807) is 24.3 Å². The number of allylic oxidation sites excluding steroid dienone is 1. The van der Waals surface area contributed by atoms with Gasteiger partial charge < -0.3 is 20.1 Å². The zero-order valence-corrected chi connectivity index (χ0v) is 11.6. The van der Waals surface area contributed by atoms with Gasteiger partial charge in [-0.15, -0.1) is 0 Å². The number of fused-ring (bicyclic) bond motifs is 3. The van der Waals surface area contributed by atoms with Crippen molar-refractivity contribution in [3.05, 3.63) is 47.5 Å². The van der Waals surface area contributed by atoms with Crippen molar-refractivity contribution in [3.8, 4) is 28.4 Å². The molecule has 1 aliphatic carbocycles.